The molecule has 1 aliphatic rings. The molecule has 0 unspecified atom stereocenters. The summed E-state index contributed by atoms with van der Waals surface area (Å²) in [4.78, 5) is 0. The minimum Gasteiger partial charge on any atom is -0.381 e. The molecule has 1 rings (SSSR count). The fraction of sp³-hybridized carbons (Fsp3) is 0.800. The number of thiol groups is 1. The third-order valence-electron chi connectivity index (χ3n) is 2.62. The zero-order chi connectivity index (χ0) is 8.86. The van der Waals surface area contributed by atoms with Gasteiger partial charge in [-0.15, -0.1) is 6.58 Å². The van der Waals surface area contributed by atoms with Gasteiger partial charge < -0.3 is 4.74 Å². The molecule has 70 valence electrons. The van der Waals surface area contributed by atoms with Crippen LogP contribution in [0.1, 0.15) is 25.7 Å². The van der Waals surface area contributed by atoms with Gasteiger partial charge in [0.15, 0.2) is 0 Å². The van der Waals surface area contributed by atoms with E-state index in [0.717, 1.165) is 25.4 Å². The van der Waals surface area contributed by atoms with E-state index >= 15 is 0 Å². The first kappa shape index (κ1) is 10.1. The summed E-state index contributed by atoms with van der Waals surface area (Å²) >= 11 is 4.36. The van der Waals surface area contributed by atoms with E-state index in [9.17, 15) is 0 Å². The zero-order valence-corrected chi connectivity index (χ0v) is 8.48. The van der Waals surface area contributed by atoms with Crippen molar-refractivity contribution in [1.82, 2.24) is 0 Å². The molecule has 0 aliphatic heterocycles. The third kappa shape index (κ3) is 2.53. The van der Waals surface area contributed by atoms with E-state index < -0.39 is 0 Å². The van der Waals surface area contributed by atoms with Crippen molar-refractivity contribution in [2.75, 3.05) is 19.0 Å². The normalized spacial score (nSPS) is 20.1. The highest BCUT2D eigenvalue weighted by atomic mass is 32.1. The highest BCUT2D eigenvalue weighted by Gasteiger charge is 2.35. The average Bonchev–Trinajstić information content (AvgIpc) is 2.02. The standard InChI is InChI=1S/C10H18OS/c1-2-3-7-11-8-10(9-12)5-4-6-10/h2,12H,1,3-9H2. The Bertz CT molecular complexity index is 135. The van der Waals surface area contributed by atoms with E-state index in [4.69, 9.17) is 4.74 Å². The van der Waals surface area contributed by atoms with Gasteiger partial charge in [0.1, 0.15) is 0 Å². The first-order valence-electron chi connectivity index (χ1n) is 4.62. The van der Waals surface area contributed by atoms with Gasteiger partial charge in [0, 0.05) is 5.41 Å². The molecule has 2 heteroatoms. The van der Waals surface area contributed by atoms with Crippen molar-refractivity contribution in [1.29, 1.82) is 0 Å². The van der Waals surface area contributed by atoms with Crippen molar-refractivity contribution in [2.24, 2.45) is 5.41 Å². The van der Waals surface area contributed by atoms with Crippen LogP contribution >= 0.6 is 12.6 Å². The lowest BCUT2D eigenvalue weighted by Gasteiger charge is -2.40. The zero-order valence-electron chi connectivity index (χ0n) is 7.59. The Morgan fingerprint density at radius 3 is 2.67 bits per heavy atom. The second-order valence-corrected chi connectivity index (χ2v) is 3.96. The van der Waals surface area contributed by atoms with E-state index in [1.807, 2.05) is 6.08 Å². The topological polar surface area (TPSA) is 9.23 Å². The van der Waals surface area contributed by atoms with Crippen molar-refractivity contribution < 1.29 is 4.74 Å². The molecule has 1 nitrogen and oxygen atoms in total. The Hall–Kier alpha value is 0.0500. The summed E-state index contributed by atoms with van der Waals surface area (Å²) in [6, 6.07) is 0. The first-order chi connectivity index (χ1) is 5.83. The summed E-state index contributed by atoms with van der Waals surface area (Å²) in [6.07, 6.45) is 6.80. The number of hydrogen-bond donors (Lipinski definition) is 1. The molecular formula is C10H18OS. The molecule has 0 radical (unpaired) electrons. The van der Waals surface area contributed by atoms with Crippen molar-refractivity contribution in [3.63, 3.8) is 0 Å². The van der Waals surface area contributed by atoms with Crippen molar-refractivity contribution in [2.45, 2.75) is 25.7 Å². The average molecular weight is 186 g/mol. The lowest BCUT2D eigenvalue weighted by molar-refractivity contribution is 0.0123. The molecule has 0 aromatic rings. The smallest absolute Gasteiger partial charge is 0.0530 e. The lowest BCUT2D eigenvalue weighted by Crippen LogP contribution is -2.36. The van der Waals surface area contributed by atoms with Gasteiger partial charge in [0.05, 0.1) is 13.2 Å². The van der Waals surface area contributed by atoms with E-state index in [1.165, 1.54) is 19.3 Å². The fourth-order valence-corrected chi connectivity index (χ4v) is 1.89. The maximum atomic E-state index is 5.55. The van der Waals surface area contributed by atoms with Crippen LogP contribution in [0.4, 0.5) is 0 Å². The van der Waals surface area contributed by atoms with E-state index in [1.54, 1.807) is 0 Å². The van der Waals surface area contributed by atoms with Gasteiger partial charge in [-0.1, -0.05) is 12.5 Å². The van der Waals surface area contributed by atoms with E-state index in [2.05, 4.69) is 19.2 Å². The summed E-state index contributed by atoms with van der Waals surface area (Å²) < 4.78 is 5.55. The molecule has 0 atom stereocenters. The third-order valence-corrected chi connectivity index (χ3v) is 3.30. The predicted molar refractivity (Wildman–Crippen MR) is 55.8 cm³/mol. The van der Waals surface area contributed by atoms with Gasteiger partial charge >= 0.3 is 0 Å². The van der Waals surface area contributed by atoms with Gasteiger partial charge in [-0.25, -0.2) is 0 Å². The molecule has 0 heterocycles. The molecule has 0 saturated heterocycles. The van der Waals surface area contributed by atoms with Crippen LogP contribution in [0, 0.1) is 5.41 Å². The minimum atomic E-state index is 0.421. The van der Waals surface area contributed by atoms with Crippen LogP contribution in [0.25, 0.3) is 0 Å². The predicted octanol–water partition coefficient (Wildman–Crippen LogP) is 2.68. The molecule has 1 fully saturated rings. The maximum absolute atomic E-state index is 5.55. The minimum absolute atomic E-state index is 0.421. The van der Waals surface area contributed by atoms with Crippen LogP contribution in [0.2, 0.25) is 0 Å². The monoisotopic (exact) mass is 186 g/mol. The van der Waals surface area contributed by atoms with E-state index in [-0.39, 0.29) is 0 Å². The van der Waals surface area contributed by atoms with Crippen LogP contribution < -0.4 is 0 Å². The van der Waals surface area contributed by atoms with E-state index in [0.29, 0.717) is 5.41 Å². The lowest BCUT2D eigenvalue weighted by atomic mass is 9.71. The highest BCUT2D eigenvalue weighted by Crippen LogP contribution is 2.41. The van der Waals surface area contributed by atoms with Gasteiger partial charge in [-0.05, 0) is 25.0 Å². The van der Waals surface area contributed by atoms with Gasteiger partial charge in [-0.3, -0.25) is 0 Å². The Kier molecular flexibility index (Phi) is 4.16. The molecule has 0 bridgehead atoms. The first-order valence-corrected chi connectivity index (χ1v) is 5.26. The molecule has 0 amide bonds. The molecule has 0 aromatic carbocycles. The Labute approximate surface area is 80.6 Å². The Morgan fingerprint density at radius 2 is 2.25 bits per heavy atom. The number of ether oxygens (including phenoxy) is 1. The summed E-state index contributed by atoms with van der Waals surface area (Å²) in [5.74, 6) is 0.973. The van der Waals surface area contributed by atoms with Crippen molar-refractivity contribution in [3.05, 3.63) is 12.7 Å². The molecule has 1 saturated carbocycles. The quantitative estimate of drug-likeness (QED) is 0.381. The second-order valence-electron chi connectivity index (χ2n) is 3.64. The largest absolute Gasteiger partial charge is 0.381 e. The van der Waals surface area contributed by atoms with Gasteiger partial charge in [-0.2, -0.15) is 12.6 Å². The van der Waals surface area contributed by atoms with Gasteiger partial charge in [0.25, 0.3) is 0 Å². The molecule has 0 N–H and O–H groups in total. The summed E-state index contributed by atoms with van der Waals surface area (Å²) in [5.41, 5.74) is 0.421. The molecule has 1 aliphatic carbocycles. The molecule has 0 spiro atoms. The summed E-state index contributed by atoms with van der Waals surface area (Å²) in [7, 11) is 0. The SMILES string of the molecule is C=CCCOCC1(CS)CCC1. The van der Waals surface area contributed by atoms with Gasteiger partial charge in [0.2, 0.25) is 0 Å². The van der Waals surface area contributed by atoms with Crippen LogP contribution in [0.3, 0.4) is 0 Å². The summed E-state index contributed by atoms with van der Waals surface area (Å²) in [6.45, 7) is 5.37. The molecular weight excluding hydrogens is 168 g/mol. The fourth-order valence-electron chi connectivity index (χ4n) is 1.48. The molecule has 12 heavy (non-hydrogen) atoms. The number of hydrogen-bond acceptors (Lipinski definition) is 2. The van der Waals surface area contributed by atoms with Crippen molar-refractivity contribution >= 4 is 12.6 Å². The second kappa shape index (κ2) is 4.93. The highest BCUT2D eigenvalue weighted by molar-refractivity contribution is 7.80. The Balaban J connectivity index is 2.07. The molecule has 0 aromatic heterocycles. The van der Waals surface area contributed by atoms with Crippen LogP contribution in [-0.4, -0.2) is 19.0 Å². The van der Waals surface area contributed by atoms with Crippen molar-refractivity contribution in [3.8, 4) is 0 Å². The van der Waals surface area contributed by atoms with Crippen LogP contribution in [-0.2, 0) is 4.74 Å². The van der Waals surface area contributed by atoms with Crippen LogP contribution in [0.15, 0.2) is 12.7 Å². The summed E-state index contributed by atoms with van der Waals surface area (Å²) in [5, 5.41) is 0. The Morgan fingerprint density at radius 1 is 1.50 bits per heavy atom. The maximum Gasteiger partial charge on any atom is 0.0530 e. The number of rotatable bonds is 6. The van der Waals surface area contributed by atoms with Crippen LogP contribution in [0.5, 0.6) is 0 Å².